The fraction of sp³-hybridized carbons (Fsp3) is 0.455. The van der Waals surface area contributed by atoms with E-state index in [0.717, 1.165) is 25.1 Å². The Morgan fingerprint density at radius 1 is 1.58 bits per heavy atom. The molecule has 8 heteroatoms. The first kappa shape index (κ1) is 13.1. The predicted octanol–water partition coefficient (Wildman–Crippen LogP) is 0.906. The number of amides is 1. The zero-order valence-electron chi connectivity index (χ0n) is 9.96. The lowest BCUT2D eigenvalue weighted by molar-refractivity contribution is -0.384. The molecule has 1 fully saturated rings. The molecule has 0 saturated heterocycles. The number of carboxylic acid groups (broad SMARTS) is 1. The van der Waals surface area contributed by atoms with Crippen LogP contribution in [0.4, 0.5) is 5.69 Å². The molecule has 3 N–H and O–H groups in total. The van der Waals surface area contributed by atoms with Crippen LogP contribution in [0.5, 0.6) is 0 Å². The number of hydrogen-bond acceptors (Lipinski definition) is 4. The van der Waals surface area contributed by atoms with Gasteiger partial charge in [-0.1, -0.05) is 0 Å². The Hall–Kier alpha value is -2.38. The number of nitrogens with zero attached hydrogens (tertiary/aromatic N) is 1. The third kappa shape index (κ3) is 3.30. The molecule has 1 aromatic rings. The van der Waals surface area contributed by atoms with Crippen molar-refractivity contribution in [3.05, 3.63) is 28.1 Å². The lowest BCUT2D eigenvalue weighted by Crippen LogP contribution is -2.38. The Labute approximate surface area is 108 Å². The molecule has 1 atom stereocenters. The fourth-order valence-corrected chi connectivity index (χ4v) is 1.89. The van der Waals surface area contributed by atoms with E-state index in [9.17, 15) is 19.7 Å². The van der Waals surface area contributed by atoms with Gasteiger partial charge in [0.1, 0.15) is 5.69 Å². The second kappa shape index (κ2) is 5.09. The normalized spacial score (nSPS) is 15.8. The van der Waals surface area contributed by atoms with E-state index in [-0.39, 0.29) is 23.7 Å². The molecular formula is C11H13N3O5. The standard InChI is InChI=1S/C11H13N3O5/c15-10(16)4-8(6-1-2-6)13-11(17)9-3-7(5-12-9)14(18)19/h3,5-6,8,12H,1-2,4H2,(H,13,17)(H,15,16). The summed E-state index contributed by atoms with van der Waals surface area (Å²) in [5.41, 5.74) is -0.144. The number of carbonyl (C=O) groups excluding carboxylic acids is 1. The van der Waals surface area contributed by atoms with Gasteiger partial charge in [-0.15, -0.1) is 0 Å². The minimum absolute atomic E-state index is 0.0581. The summed E-state index contributed by atoms with van der Waals surface area (Å²) in [6.45, 7) is 0. The molecule has 0 spiro atoms. The Bertz CT molecular complexity index is 520. The van der Waals surface area contributed by atoms with Gasteiger partial charge in [0.15, 0.2) is 0 Å². The second-order valence-electron chi connectivity index (χ2n) is 4.54. The van der Waals surface area contributed by atoms with Crippen molar-refractivity contribution in [2.45, 2.75) is 25.3 Å². The van der Waals surface area contributed by atoms with Crippen molar-refractivity contribution < 1.29 is 19.6 Å². The van der Waals surface area contributed by atoms with Gasteiger partial charge in [0, 0.05) is 12.1 Å². The van der Waals surface area contributed by atoms with Crippen LogP contribution in [0.3, 0.4) is 0 Å². The molecule has 0 aliphatic heterocycles. The number of carbonyl (C=O) groups is 2. The number of aromatic amines is 1. The zero-order valence-corrected chi connectivity index (χ0v) is 9.96. The van der Waals surface area contributed by atoms with Crippen LogP contribution in [0.25, 0.3) is 0 Å². The molecule has 1 saturated carbocycles. The van der Waals surface area contributed by atoms with Gasteiger partial charge >= 0.3 is 5.97 Å². The van der Waals surface area contributed by atoms with Crippen LogP contribution in [0.15, 0.2) is 12.3 Å². The molecule has 0 radical (unpaired) electrons. The van der Waals surface area contributed by atoms with Crippen molar-refractivity contribution in [2.75, 3.05) is 0 Å². The SMILES string of the molecule is O=C(O)CC(NC(=O)c1cc([N+](=O)[O-])c[nH]1)C1CC1. The summed E-state index contributed by atoms with van der Waals surface area (Å²) < 4.78 is 0. The number of H-pyrrole nitrogens is 1. The van der Waals surface area contributed by atoms with Crippen LogP contribution in [0.1, 0.15) is 29.8 Å². The van der Waals surface area contributed by atoms with Gasteiger partial charge in [-0.25, -0.2) is 0 Å². The van der Waals surface area contributed by atoms with Crippen LogP contribution in [-0.2, 0) is 4.79 Å². The molecule has 0 aromatic carbocycles. The van der Waals surface area contributed by atoms with Crippen molar-refractivity contribution in [1.82, 2.24) is 10.3 Å². The number of aliphatic carboxylic acids is 1. The van der Waals surface area contributed by atoms with Crippen LogP contribution in [0, 0.1) is 16.0 Å². The molecule has 1 aliphatic rings. The first-order chi connectivity index (χ1) is 8.97. The van der Waals surface area contributed by atoms with Crippen molar-refractivity contribution >= 4 is 17.6 Å². The summed E-state index contributed by atoms with van der Waals surface area (Å²) in [6.07, 6.45) is 2.77. The topological polar surface area (TPSA) is 125 Å². The summed E-state index contributed by atoms with van der Waals surface area (Å²) in [4.78, 5) is 34.9. The third-order valence-electron chi connectivity index (χ3n) is 3.03. The van der Waals surface area contributed by atoms with E-state index in [1.807, 2.05) is 0 Å². The first-order valence-electron chi connectivity index (χ1n) is 5.83. The van der Waals surface area contributed by atoms with E-state index < -0.39 is 22.8 Å². The van der Waals surface area contributed by atoms with E-state index in [4.69, 9.17) is 5.11 Å². The number of carboxylic acids is 1. The highest BCUT2D eigenvalue weighted by Gasteiger charge is 2.34. The van der Waals surface area contributed by atoms with Crippen LogP contribution < -0.4 is 5.32 Å². The minimum atomic E-state index is -0.977. The van der Waals surface area contributed by atoms with Gasteiger partial charge in [0.25, 0.3) is 11.6 Å². The van der Waals surface area contributed by atoms with Crippen molar-refractivity contribution in [2.24, 2.45) is 5.92 Å². The highest BCUT2D eigenvalue weighted by atomic mass is 16.6. The van der Waals surface area contributed by atoms with Gasteiger partial charge in [0.05, 0.1) is 17.5 Å². The predicted molar refractivity (Wildman–Crippen MR) is 63.7 cm³/mol. The molecule has 1 heterocycles. The summed E-state index contributed by atoms with van der Waals surface area (Å²) in [5, 5.41) is 21.9. The Balaban J connectivity index is 2.01. The average Bonchev–Trinajstić information content (AvgIpc) is 3.04. The smallest absolute Gasteiger partial charge is 0.305 e. The largest absolute Gasteiger partial charge is 0.481 e. The fourth-order valence-electron chi connectivity index (χ4n) is 1.89. The zero-order chi connectivity index (χ0) is 14.0. The van der Waals surface area contributed by atoms with E-state index >= 15 is 0 Å². The molecule has 8 nitrogen and oxygen atoms in total. The number of hydrogen-bond donors (Lipinski definition) is 3. The van der Waals surface area contributed by atoms with Crippen LogP contribution in [0.2, 0.25) is 0 Å². The van der Waals surface area contributed by atoms with Crippen molar-refractivity contribution in [3.63, 3.8) is 0 Å². The van der Waals surface area contributed by atoms with E-state index in [2.05, 4.69) is 10.3 Å². The number of aromatic nitrogens is 1. The summed E-state index contributed by atoms with van der Waals surface area (Å²) in [6, 6.07) is 0.701. The first-order valence-corrected chi connectivity index (χ1v) is 5.83. The van der Waals surface area contributed by atoms with E-state index in [0.29, 0.717) is 0 Å². The summed E-state index contributed by atoms with van der Waals surface area (Å²) in [5.74, 6) is -1.31. The maximum atomic E-state index is 11.8. The Morgan fingerprint density at radius 2 is 2.26 bits per heavy atom. The lowest BCUT2D eigenvalue weighted by Gasteiger charge is -2.15. The second-order valence-corrected chi connectivity index (χ2v) is 4.54. The number of rotatable bonds is 6. The quantitative estimate of drug-likeness (QED) is 0.521. The van der Waals surface area contributed by atoms with Gasteiger partial charge in [-0.2, -0.15) is 0 Å². The maximum Gasteiger partial charge on any atom is 0.305 e. The molecule has 1 amide bonds. The minimum Gasteiger partial charge on any atom is -0.481 e. The van der Waals surface area contributed by atoms with Gasteiger partial charge in [-0.05, 0) is 18.8 Å². The Morgan fingerprint density at radius 3 is 2.74 bits per heavy atom. The molecular weight excluding hydrogens is 254 g/mol. The van der Waals surface area contributed by atoms with Crippen molar-refractivity contribution in [1.29, 1.82) is 0 Å². The molecule has 102 valence electrons. The monoisotopic (exact) mass is 267 g/mol. The van der Waals surface area contributed by atoms with Gasteiger partial charge in [0.2, 0.25) is 0 Å². The van der Waals surface area contributed by atoms with E-state index in [1.54, 1.807) is 0 Å². The highest BCUT2D eigenvalue weighted by molar-refractivity contribution is 5.93. The van der Waals surface area contributed by atoms with Crippen molar-refractivity contribution in [3.8, 4) is 0 Å². The maximum absolute atomic E-state index is 11.8. The lowest BCUT2D eigenvalue weighted by atomic mass is 10.1. The van der Waals surface area contributed by atoms with Crippen LogP contribution >= 0.6 is 0 Å². The molecule has 19 heavy (non-hydrogen) atoms. The van der Waals surface area contributed by atoms with E-state index in [1.165, 1.54) is 0 Å². The average molecular weight is 267 g/mol. The number of nitro groups is 1. The third-order valence-corrected chi connectivity index (χ3v) is 3.03. The summed E-state index contributed by atoms with van der Waals surface area (Å²) in [7, 11) is 0. The van der Waals surface area contributed by atoms with Gasteiger partial charge in [-0.3, -0.25) is 19.7 Å². The molecule has 1 aliphatic carbocycles. The Kier molecular flexibility index (Phi) is 3.50. The van der Waals surface area contributed by atoms with Gasteiger partial charge < -0.3 is 15.4 Å². The highest BCUT2D eigenvalue weighted by Crippen LogP contribution is 2.34. The molecule has 0 bridgehead atoms. The summed E-state index contributed by atoms with van der Waals surface area (Å²) >= 11 is 0. The molecule has 1 unspecified atom stereocenters. The molecule has 1 aromatic heterocycles. The van der Waals surface area contributed by atoms with Crippen LogP contribution in [-0.4, -0.2) is 32.9 Å². The molecule has 2 rings (SSSR count). The number of nitrogens with one attached hydrogen (secondary N) is 2.